The summed E-state index contributed by atoms with van der Waals surface area (Å²) >= 11 is 0. The van der Waals surface area contributed by atoms with Crippen LogP contribution in [-0.2, 0) is 0 Å². The zero-order chi connectivity index (χ0) is 6.97. The molecule has 1 heterocycles. The lowest BCUT2D eigenvalue weighted by atomic mass is 9.94. The Hall–Kier alpha value is -0.0400. The summed E-state index contributed by atoms with van der Waals surface area (Å²) in [5.74, 6) is 2.02. The Morgan fingerprint density at radius 2 is 2.20 bits per heavy atom. The third-order valence-corrected chi connectivity index (χ3v) is 3.09. The number of piperidine rings is 1. The molecule has 0 aromatic heterocycles. The van der Waals surface area contributed by atoms with Gasteiger partial charge in [0.1, 0.15) is 0 Å². The first-order valence-corrected chi connectivity index (χ1v) is 4.59. The predicted molar refractivity (Wildman–Crippen MR) is 42.9 cm³/mol. The minimum Gasteiger partial charge on any atom is -0.314 e. The summed E-state index contributed by atoms with van der Waals surface area (Å²) in [6.45, 7) is 3.66. The minimum absolute atomic E-state index is 0.892. The lowest BCUT2D eigenvalue weighted by Gasteiger charge is -2.26. The van der Waals surface area contributed by atoms with E-state index in [1.54, 1.807) is 0 Å². The van der Waals surface area contributed by atoms with Crippen LogP contribution in [0, 0.1) is 11.8 Å². The van der Waals surface area contributed by atoms with E-state index in [2.05, 4.69) is 12.2 Å². The van der Waals surface area contributed by atoms with Crippen LogP contribution < -0.4 is 5.32 Å². The molecular formula is C9H17N. The highest BCUT2D eigenvalue weighted by atomic mass is 14.9. The molecule has 58 valence electrons. The van der Waals surface area contributed by atoms with Crippen molar-refractivity contribution in [2.24, 2.45) is 11.8 Å². The van der Waals surface area contributed by atoms with Gasteiger partial charge in [0.15, 0.2) is 0 Å². The van der Waals surface area contributed by atoms with Gasteiger partial charge in [-0.25, -0.2) is 0 Å². The Labute approximate surface area is 63.2 Å². The molecule has 0 bridgehead atoms. The second-order valence-corrected chi connectivity index (χ2v) is 4.04. The van der Waals surface area contributed by atoms with Crippen LogP contribution in [0.1, 0.15) is 32.6 Å². The fourth-order valence-electron chi connectivity index (χ4n) is 2.62. The molecule has 1 saturated heterocycles. The maximum atomic E-state index is 3.61. The van der Waals surface area contributed by atoms with E-state index in [-0.39, 0.29) is 0 Å². The first kappa shape index (κ1) is 6.66. The van der Waals surface area contributed by atoms with Gasteiger partial charge in [-0.1, -0.05) is 6.92 Å². The second kappa shape index (κ2) is 2.54. The molecular weight excluding hydrogens is 122 g/mol. The van der Waals surface area contributed by atoms with E-state index in [0.717, 1.165) is 17.9 Å². The third-order valence-electron chi connectivity index (χ3n) is 3.09. The normalized spacial score (nSPS) is 47.1. The molecule has 0 spiro atoms. The summed E-state index contributed by atoms with van der Waals surface area (Å²) in [5, 5.41) is 3.61. The van der Waals surface area contributed by atoms with E-state index in [9.17, 15) is 0 Å². The highest BCUT2D eigenvalue weighted by Gasteiger charge is 2.32. The van der Waals surface area contributed by atoms with Gasteiger partial charge in [-0.2, -0.15) is 0 Å². The monoisotopic (exact) mass is 139 g/mol. The van der Waals surface area contributed by atoms with Crippen molar-refractivity contribution in [2.75, 3.05) is 6.54 Å². The minimum atomic E-state index is 0.892. The average Bonchev–Trinajstić information content (AvgIpc) is 2.27. The third kappa shape index (κ3) is 1.07. The van der Waals surface area contributed by atoms with Gasteiger partial charge >= 0.3 is 0 Å². The van der Waals surface area contributed by atoms with Crippen LogP contribution in [0.25, 0.3) is 0 Å². The molecule has 10 heavy (non-hydrogen) atoms. The molecule has 1 N–H and O–H groups in total. The standard InChI is InChI=1S/C9H17N/c1-7-5-8-3-2-4-10-9(8)6-7/h7-10H,2-6H2,1H3. The van der Waals surface area contributed by atoms with Crippen molar-refractivity contribution in [1.29, 1.82) is 0 Å². The smallest absolute Gasteiger partial charge is 0.00979 e. The van der Waals surface area contributed by atoms with Crippen LogP contribution in [0.3, 0.4) is 0 Å². The van der Waals surface area contributed by atoms with Crippen LogP contribution in [0.4, 0.5) is 0 Å². The molecule has 1 heteroatoms. The highest BCUT2D eigenvalue weighted by Crippen LogP contribution is 2.35. The first-order valence-electron chi connectivity index (χ1n) is 4.59. The quantitative estimate of drug-likeness (QED) is 0.539. The van der Waals surface area contributed by atoms with Crippen molar-refractivity contribution in [1.82, 2.24) is 5.32 Å². The van der Waals surface area contributed by atoms with Gasteiger partial charge in [-0.05, 0) is 44.1 Å². The number of rotatable bonds is 0. The molecule has 2 fully saturated rings. The molecule has 0 aromatic rings. The van der Waals surface area contributed by atoms with E-state index >= 15 is 0 Å². The fraction of sp³-hybridized carbons (Fsp3) is 1.00. The summed E-state index contributed by atoms with van der Waals surface area (Å²) in [5.41, 5.74) is 0. The van der Waals surface area contributed by atoms with Crippen LogP contribution in [-0.4, -0.2) is 12.6 Å². The molecule has 0 aromatic carbocycles. The first-order chi connectivity index (χ1) is 4.86. The van der Waals surface area contributed by atoms with Crippen molar-refractivity contribution < 1.29 is 0 Å². The molecule has 0 radical (unpaired) electrons. The van der Waals surface area contributed by atoms with Crippen molar-refractivity contribution in [2.45, 2.75) is 38.6 Å². The molecule has 1 nitrogen and oxygen atoms in total. The Morgan fingerprint density at radius 3 is 3.00 bits per heavy atom. The Kier molecular flexibility index (Phi) is 1.69. The molecule has 3 unspecified atom stereocenters. The molecule has 0 amide bonds. The molecule has 1 aliphatic carbocycles. The SMILES string of the molecule is CC1CC2CCCNC2C1. The van der Waals surface area contributed by atoms with Crippen molar-refractivity contribution in [3.05, 3.63) is 0 Å². The van der Waals surface area contributed by atoms with Gasteiger partial charge in [0.2, 0.25) is 0 Å². The number of fused-ring (bicyclic) bond motifs is 1. The van der Waals surface area contributed by atoms with Gasteiger partial charge in [0.25, 0.3) is 0 Å². The fourth-order valence-corrected chi connectivity index (χ4v) is 2.62. The Bertz CT molecular complexity index is 108. The lowest BCUT2D eigenvalue weighted by molar-refractivity contribution is 0.318. The van der Waals surface area contributed by atoms with E-state index in [4.69, 9.17) is 0 Å². The zero-order valence-electron chi connectivity index (χ0n) is 6.77. The maximum Gasteiger partial charge on any atom is 0.00979 e. The van der Waals surface area contributed by atoms with E-state index in [0.29, 0.717) is 0 Å². The summed E-state index contributed by atoms with van der Waals surface area (Å²) in [4.78, 5) is 0. The molecule has 2 rings (SSSR count). The highest BCUT2D eigenvalue weighted by molar-refractivity contribution is 4.89. The van der Waals surface area contributed by atoms with E-state index < -0.39 is 0 Å². The average molecular weight is 139 g/mol. The molecule has 3 atom stereocenters. The van der Waals surface area contributed by atoms with Gasteiger partial charge < -0.3 is 5.32 Å². The zero-order valence-corrected chi connectivity index (χ0v) is 6.77. The van der Waals surface area contributed by atoms with E-state index in [1.165, 1.54) is 32.2 Å². The number of hydrogen-bond donors (Lipinski definition) is 1. The molecule has 1 aliphatic heterocycles. The van der Waals surface area contributed by atoms with Crippen LogP contribution >= 0.6 is 0 Å². The summed E-state index contributed by atoms with van der Waals surface area (Å²) < 4.78 is 0. The largest absolute Gasteiger partial charge is 0.314 e. The maximum absolute atomic E-state index is 3.61. The van der Waals surface area contributed by atoms with Crippen molar-refractivity contribution >= 4 is 0 Å². The van der Waals surface area contributed by atoms with Gasteiger partial charge in [-0.3, -0.25) is 0 Å². The lowest BCUT2D eigenvalue weighted by Crippen LogP contribution is -2.37. The number of hydrogen-bond acceptors (Lipinski definition) is 1. The molecule has 1 saturated carbocycles. The Morgan fingerprint density at radius 1 is 1.30 bits per heavy atom. The topological polar surface area (TPSA) is 12.0 Å². The van der Waals surface area contributed by atoms with Crippen LogP contribution in [0.5, 0.6) is 0 Å². The molecule has 2 aliphatic rings. The van der Waals surface area contributed by atoms with Crippen LogP contribution in [0.15, 0.2) is 0 Å². The predicted octanol–water partition coefficient (Wildman–Crippen LogP) is 1.78. The van der Waals surface area contributed by atoms with Gasteiger partial charge in [0, 0.05) is 6.04 Å². The Balaban J connectivity index is 1.97. The van der Waals surface area contributed by atoms with E-state index in [1.807, 2.05) is 0 Å². The van der Waals surface area contributed by atoms with Gasteiger partial charge in [-0.15, -0.1) is 0 Å². The van der Waals surface area contributed by atoms with Gasteiger partial charge in [0.05, 0.1) is 0 Å². The van der Waals surface area contributed by atoms with Crippen molar-refractivity contribution in [3.63, 3.8) is 0 Å². The van der Waals surface area contributed by atoms with Crippen LogP contribution in [0.2, 0.25) is 0 Å². The second-order valence-electron chi connectivity index (χ2n) is 4.04. The number of nitrogens with one attached hydrogen (secondary N) is 1. The summed E-state index contributed by atoms with van der Waals surface area (Å²) in [6, 6.07) is 0.892. The van der Waals surface area contributed by atoms with Crippen molar-refractivity contribution in [3.8, 4) is 0 Å². The summed E-state index contributed by atoms with van der Waals surface area (Å²) in [6.07, 6.45) is 5.82. The summed E-state index contributed by atoms with van der Waals surface area (Å²) in [7, 11) is 0.